The van der Waals surface area contributed by atoms with Crippen LogP contribution in [-0.4, -0.2) is 15.2 Å². The fourth-order valence-electron chi connectivity index (χ4n) is 2.82. The number of fused-ring (bicyclic) bond motifs is 1. The molecule has 5 heteroatoms. The zero-order chi connectivity index (χ0) is 14.2. The fraction of sp³-hybridized carbons (Fsp3) is 0.500. The molecule has 21 heavy (non-hydrogen) atoms. The van der Waals surface area contributed by atoms with Gasteiger partial charge in [0.1, 0.15) is 5.75 Å². The van der Waals surface area contributed by atoms with Crippen LogP contribution >= 0.6 is 0 Å². The Morgan fingerprint density at radius 2 is 2.19 bits per heavy atom. The van der Waals surface area contributed by atoms with E-state index in [1.165, 1.54) is 5.56 Å². The highest BCUT2D eigenvalue weighted by atomic mass is 16.5. The van der Waals surface area contributed by atoms with E-state index in [-0.39, 0.29) is 12.7 Å². The van der Waals surface area contributed by atoms with Gasteiger partial charge in [-0.1, -0.05) is 11.2 Å². The van der Waals surface area contributed by atoms with Crippen molar-refractivity contribution in [1.29, 1.82) is 0 Å². The molecule has 0 spiro atoms. The van der Waals surface area contributed by atoms with Crippen LogP contribution in [0.15, 0.2) is 22.7 Å². The summed E-state index contributed by atoms with van der Waals surface area (Å²) in [7, 11) is 0. The lowest BCUT2D eigenvalue weighted by molar-refractivity contribution is 0.155. The normalized spacial score (nSPS) is 21.1. The predicted octanol–water partition coefficient (Wildman–Crippen LogP) is 2.90. The standard InChI is InChI=1S/C16H18N2O3/c19-14-3-1-2-10-6-7-12(8-13(10)14)20-9-15-17-16(18-21-15)11-4-5-11/h6-8,11,14,19H,1-5,9H2/t14-/m1/s1. The second kappa shape index (κ2) is 5.15. The van der Waals surface area contributed by atoms with E-state index in [1.54, 1.807) is 0 Å². The molecule has 2 aliphatic carbocycles. The van der Waals surface area contributed by atoms with E-state index < -0.39 is 0 Å². The number of nitrogens with zero attached hydrogens (tertiary/aromatic N) is 2. The summed E-state index contributed by atoms with van der Waals surface area (Å²) < 4.78 is 10.9. The summed E-state index contributed by atoms with van der Waals surface area (Å²) in [6.45, 7) is 0.272. The number of aromatic nitrogens is 2. The maximum absolute atomic E-state index is 10.0. The van der Waals surface area contributed by atoms with Gasteiger partial charge in [0.05, 0.1) is 6.10 Å². The Morgan fingerprint density at radius 3 is 3.05 bits per heavy atom. The lowest BCUT2D eigenvalue weighted by atomic mass is 9.89. The number of aryl methyl sites for hydroxylation is 1. The Morgan fingerprint density at radius 1 is 1.29 bits per heavy atom. The molecule has 0 saturated heterocycles. The molecule has 0 unspecified atom stereocenters. The number of rotatable bonds is 4. The van der Waals surface area contributed by atoms with E-state index in [9.17, 15) is 5.11 Å². The molecule has 0 amide bonds. The lowest BCUT2D eigenvalue weighted by Crippen LogP contribution is -2.09. The van der Waals surface area contributed by atoms with Crippen molar-refractivity contribution >= 4 is 0 Å². The summed E-state index contributed by atoms with van der Waals surface area (Å²) in [5, 5.41) is 14.0. The SMILES string of the molecule is O[C@@H]1CCCc2ccc(OCc3nc(C4CC4)no3)cc21. The third-order valence-electron chi connectivity index (χ3n) is 4.19. The molecular weight excluding hydrogens is 268 g/mol. The quantitative estimate of drug-likeness (QED) is 0.936. The van der Waals surface area contributed by atoms with E-state index in [1.807, 2.05) is 18.2 Å². The van der Waals surface area contributed by atoms with Crippen LogP contribution in [0, 0.1) is 0 Å². The second-order valence-corrected chi connectivity index (χ2v) is 5.88. The maximum atomic E-state index is 10.0. The van der Waals surface area contributed by atoms with Gasteiger partial charge in [-0.2, -0.15) is 4.98 Å². The first-order valence-electron chi connectivity index (χ1n) is 7.56. The summed E-state index contributed by atoms with van der Waals surface area (Å²) in [5.74, 6) is 2.53. The van der Waals surface area contributed by atoms with Crippen molar-refractivity contribution in [3.63, 3.8) is 0 Å². The molecule has 0 bridgehead atoms. The van der Waals surface area contributed by atoms with Crippen molar-refractivity contribution in [1.82, 2.24) is 10.1 Å². The Hall–Kier alpha value is -1.88. The largest absolute Gasteiger partial charge is 0.484 e. The Labute approximate surface area is 122 Å². The molecule has 1 heterocycles. The predicted molar refractivity (Wildman–Crippen MR) is 74.9 cm³/mol. The third-order valence-corrected chi connectivity index (χ3v) is 4.19. The molecule has 1 fully saturated rings. The molecule has 1 N–H and O–H groups in total. The van der Waals surface area contributed by atoms with Crippen LogP contribution in [0.3, 0.4) is 0 Å². The van der Waals surface area contributed by atoms with Gasteiger partial charge in [-0.3, -0.25) is 0 Å². The van der Waals surface area contributed by atoms with Crippen LogP contribution < -0.4 is 4.74 Å². The minimum absolute atomic E-state index is 0.272. The van der Waals surface area contributed by atoms with E-state index in [2.05, 4.69) is 10.1 Å². The highest BCUT2D eigenvalue weighted by Gasteiger charge is 2.28. The van der Waals surface area contributed by atoms with Gasteiger partial charge >= 0.3 is 0 Å². The van der Waals surface area contributed by atoms with E-state index in [0.29, 0.717) is 11.8 Å². The molecule has 2 aromatic rings. The van der Waals surface area contributed by atoms with E-state index in [4.69, 9.17) is 9.26 Å². The number of hydrogen-bond donors (Lipinski definition) is 1. The summed E-state index contributed by atoms with van der Waals surface area (Å²) in [6, 6.07) is 5.91. The highest BCUT2D eigenvalue weighted by Crippen LogP contribution is 2.38. The third kappa shape index (κ3) is 2.65. The van der Waals surface area contributed by atoms with E-state index in [0.717, 1.165) is 49.2 Å². The lowest BCUT2D eigenvalue weighted by Gasteiger charge is -2.21. The number of ether oxygens (including phenoxy) is 1. The Kier molecular flexibility index (Phi) is 3.15. The van der Waals surface area contributed by atoms with Crippen molar-refractivity contribution in [2.75, 3.05) is 0 Å². The molecule has 0 radical (unpaired) electrons. The zero-order valence-electron chi connectivity index (χ0n) is 11.8. The zero-order valence-corrected chi connectivity index (χ0v) is 11.8. The van der Waals surface area contributed by atoms with Gasteiger partial charge in [-0.15, -0.1) is 0 Å². The van der Waals surface area contributed by atoms with Gasteiger partial charge in [-0.05, 0) is 55.4 Å². The molecular formula is C16H18N2O3. The average Bonchev–Trinajstić information content (AvgIpc) is 3.25. The first-order valence-corrected chi connectivity index (χ1v) is 7.56. The molecule has 0 aliphatic heterocycles. The Balaban J connectivity index is 1.45. The van der Waals surface area contributed by atoms with Crippen LogP contribution in [0.2, 0.25) is 0 Å². The van der Waals surface area contributed by atoms with E-state index >= 15 is 0 Å². The van der Waals surface area contributed by atoms with Crippen molar-refractivity contribution in [3.8, 4) is 5.75 Å². The number of benzene rings is 1. The number of aliphatic hydroxyl groups is 1. The molecule has 2 aliphatic rings. The average molecular weight is 286 g/mol. The Bertz CT molecular complexity index is 649. The van der Waals surface area contributed by atoms with Crippen LogP contribution in [0.1, 0.15) is 60.5 Å². The summed E-state index contributed by atoms with van der Waals surface area (Å²) in [6.07, 6.45) is 4.83. The van der Waals surface area contributed by atoms with Crippen LogP contribution in [0.25, 0.3) is 0 Å². The molecule has 4 rings (SSSR count). The van der Waals surface area contributed by atoms with Crippen LogP contribution in [0.5, 0.6) is 5.75 Å². The van der Waals surface area contributed by atoms with Gasteiger partial charge in [0, 0.05) is 5.92 Å². The first-order chi connectivity index (χ1) is 10.3. The summed E-state index contributed by atoms with van der Waals surface area (Å²) in [5.41, 5.74) is 2.21. The molecule has 110 valence electrons. The summed E-state index contributed by atoms with van der Waals surface area (Å²) in [4.78, 5) is 4.34. The van der Waals surface area contributed by atoms with Crippen molar-refractivity contribution in [2.24, 2.45) is 0 Å². The van der Waals surface area contributed by atoms with Crippen LogP contribution in [0.4, 0.5) is 0 Å². The van der Waals surface area contributed by atoms with Gasteiger partial charge < -0.3 is 14.4 Å². The molecule has 1 atom stereocenters. The topological polar surface area (TPSA) is 68.4 Å². The first kappa shape index (κ1) is 12.8. The van der Waals surface area contributed by atoms with Crippen molar-refractivity contribution in [2.45, 2.75) is 50.7 Å². The molecule has 1 saturated carbocycles. The second-order valence-electron chi connectivity index (χ2n) is 5.88. The van der Waals surface area contributed by atoms with Crippen molar-refractivity contribution < 1.29 is 14.4 Å². The fourth-order valence-corrected chi connectivity index (χ4v) is 2.82. The smallest absolute Gasteiger partial charge is 0.264 e. The maximum Gasteiger partial charge on any atom is 0.264 e. The minimum Gasteiger partial charge on any atom is -0.484 e. The molecule has 1 aromatic heterocycles. The molecule has 5 nitrogen and oxygen atoms in total. The van der Waals surface area contributed by atoms with Gasteiger partial charge in [0.25, 0.3) is 5.89 Å². The summed E-state index contributed by atoms with van der Waals surface area (Å²) >= 11 is 0. The van der Waals surface area contributed by atoms with Gasteiger partial charge in [-0.25, -0.2) is 0 Å². The monoisotopic (exact) mass is 286 g/mol. The van der Waals surface area contributed by atoms with Crippen LogP contribution in [-0.2, 0) is 13.0 Å². The highest BCUT2D eigenvalue weighted by molar-refractivity contribution is 5.38. The minimum atomic E-state index is -0.373. The molecule has 1 aromatic carbocycles. The van der Waals surface area contributed by atoms with Gasteiger partial charge in [0.15, 0.2) is 12.4 Å². The number of aliphatic hydroxyl groups excluding tert-OH is 1. The van der Waals surface area contributed by atoms with Gasteiger partial charge in [0.2, 0.25) is 0 Å². The number of hydrogen-bond acceptors (Lipinski definition) is 5. The van der Waals surface area contributed by atoms with Crippen molar-refractivity contribution in [3.05, 3.63) is 41.0 Å².